The smallest absolute Gasteiger partial charge is 0.174 e. The number of hydrogen-bond donors (Lipinski definition) is 1. The summed E-state index contributed by atoms with van der Waals surface area (Å²) in [4.78, 5) is 4.35. The number of methoxy groups -OCH3 is 2. The van der Waals surface area contributed by atoms with E-state index in [0.717, 1.165) is 22.3 Å². The number of rotatable bonds is 6. The summed E-state index contributed by atoms with van der Waals surface area (Å²) < 4.78 is 11.5. The van der Waals surface area contributed by atoms with E-state index in [4.69, 9.17) is 9.47 Å². The highest BCUT2D eigenvalue weighted by Crippen LogP contribution is 2.36. The predicted octanol–water partition coefficient (Wildman–Crippen LogP) is 3.71. The van der Waals surface area contributed by atoms with Gasteiger partial charge < -0.3 is 14.8 Å². The van der Waals surface area contributed by atoms with E-state index in [-0.39, 0.29) is 6.04 Å². The van der Waals surface area contributed by atoms with Crippen molar-refractivity contribution in [1.82, 2.24) is 10.3 Å². The summed E-state index contributed by atoms with van der Waals surface area (Å²) in [6, 6.07) is 10.1. The minimum atomic E-state index is 0.179. The van der Waals surface area contributed by atoms with Crippen LogP contribution in [-0.2, 0) is 6.54 Å². The molecule has 0 bridgehead atoms. The largest absolute Gasteiger partial charge is 0.493 e. The average molecular weight is 351 g/mol. The summed E-state index contributed by atoms with van der Waals surface area (Å²) in [5.74, 6) is 1.42. The molecule has 1 unspecified atom stereocenters. The highest BCUT2D eigenvalue weighted by atomic mass is 79.9. The molecule has 0 radical (unpaired) electrons. The lowest BCUT2D eigenvalue weighted by molar-refractivity contribution is 0.352. The molecule has 0 saturated carbocycles. The number of ether oxygens (including phenoxy) is 2. The van der Waals surface area contributed by atoms with Gasteiger partial charge in [0, 0.05) is 18.8 Å². The number of aromatic nitrogens is 1. The Morgan fingerprint density at radius 3 is 2.67 bits per heavy atom. The fourth-order valence-corrected chi connectivity index (χ4v) is 2.73. The predicted molar refractivity (Wildman–Crippen MR) is 86.7 cm³/mol. The Morgan fingerprint density at radius 2 is 2.05 bits per heavy atom. The van der Waals surface area contributed by atoms with Crippen molar-refractivity contribution in [2.75, 3.05) is 14.2 Å². The molecule has 1 aromatic heterocycles. The van der Waals surface area contributed by atoms with E-state index in [9.17, 15) is 0 Å². The van der Waals surface area contributed by atoms with Crippen LogP contribution in [0.3, 0.4) is 0 Å². The van der Waals surface area contributed by atoms with Crippen molar-refractivity contribution in [3.05, 3.63) is 52.3 Å². The third kappa shape index (κ3) is 3.95. The van der Waals surface area contributed by atoms with Crippen LogP contribution in [0, 0.1) is 0 Å². The molecule has 1 heterocycles. The monoisotopic (exact) mass is 350 g/mol. The number of nitrogens with one attached hydrogen (secondary N) is 1. The molecule has 2 rings (SSSR count). The van der Waals surface area contributed by atoms with Gasteiger partial charge in [0.05, 0.1) is 24.4 Å². The van der Waals surface area contributed by atoms with Gasteiger partial charge in [-0.05, 0) is 52.7 Å². The summed E-state index contributed by atoms with van der Waals surface area (Å²) in [6.07, 6.45) is 1.81. The van der Waals surface area contributed by atoms with E-state index in [1.807, 2.05) is 30.3 Å². The first-order valence-electron chi connectivity index (χ1n) is 6.70. The quantitative estimate of drug-likeness (QED) is 0.862. The molecule has 1 N–H and O–H groups in total. The maximum atomic E-state index is 5.35. The average Bonchev–Trinajstić information content (AvgIpc) is 2.52. The number of benzene rings is 1. The molecular weight excluding hydrogens is 332 g/mol. The van der Waals surface area contributed by atoms with Gasteiger partial charge in [0.2, 0.25) is 0 Å². The lowest BCUT2D eigenvalue weighted by Crippen LogP contribution is -2.19. The topological polar surface area (TPSA) is 43.4 Å². The molecule has 2 aromatic rings. The Balaban J connectivity index is 2.08. The van der Waals surface area contributed by atoms with Gasteiger partial charge in [-0.3, -0.25) is 4.98 Å². The molecule has 0 saturated heterocycles. The van der Waals surface area contributed by atoms with Crippen LogP contribution in [0.1, 0.15) is 24.2 Å². The van der Waals surface area contributed by atoms with Gasteiger partial charge in [-0.2, -0.15) is 0 Å². The standard InChI is InChI=1S/C16H19BrN2O2/c1-11(14-6-4-5-7-18-14)19-10-12-8-13(17)16(21-3)15(9-12)20-2/h4-9,11,19H,10H2,1-3H3. The zero-order chi connectivity index (χ0) is 15.2. The number of pyridine rings is 1. The Kier molecular flexibility index (Phi) is 5.59. The lowest BCUT2D eigenvalue weighted by Gasteiger charge is -2.15. The molecular formula is C16H19BrN2O2. The Hall–Kier alpha value is -1.59. The van der Waals surface area contributed by atoms with E-state index in [1.54, 1.807) is 20.4 Å². The van der Waals surface area contributed by atoms with Gasteiger partial charge in [-0.1, -0.05) is 6.07 Å². The van der Waals surface area contributed by atoms with Crippen molar-refractivity contribution in [2.24, 2.45) is 0 Å². The van der Waals surface area contributed by atoms with Gasteiger partial charge in [-0.25, -0.2) is 0 Å². The minimum absolute atomic E-state index is 0.179. The van der Waals surface area contributed by atoms with Crippen molar-refractivity contribution >= 4 is 15.9 Å². The van der Waals surface area contributed by atoms with Gasteiger partial charge in [0.15, 0.2) is 11.5 Å². The van der Waals surface area contributed by atoms with Crippen LogP contribution in [0.2, 0.25) is 0 Å². The molecule has 0 aliphatic carbocycles. The summed E-state index contributed by atoms with van der Waals surface area (Å²) in [7, 11) is 3.27. The van der Waals surface area contributed by atoms with Crippen LogP contribution in [-0.4, -0.2) is 19.2 Å². The van der Waals surface area contributed by atoms with Crippen LogP contribution in [0.4, 0.5) is 0 Å². The van der Waals surface area contributed by atoms with Crippen molar-refractivity contribution in [1.29, 1.82) is 0 Å². The third-order valence-electron chi connectivity index (χ3n) is 3.24. The van der Waals surface area contributed by atoms with Crippen molar-refractivity contribution in [2.45, 2.75) is 19.5 Å². The maximum Gasteiger partial charge on any atom is 0.174 e. The first kappa shape index (κ1) is 15.8. The Labute approximate surface area is 133 Å². The van der Waals surface area contributed by atoms with E-state index in [2.05, 4.69) is 33.2 Å². The SMILES string of the molecule is COc1cc(CNC(C)c2ccccn2)cc(Br)c1OC. The second kappa shape index (κ2) is 7.43. The van der Waals surface area contributed by atoms with Gasteiger partial charge in [0.25, 0.3) is 0 Å². The molecule has 1 aromatic carbocycles. The Bertz CT molecular complexity index is 590. The highest BCUT2D eigenvalue weighted by Gasteiger charge is 2.11. The number of nitrogens with zero attached hydrogens (tertiary/aromatic N) is 1. The molecule has 0 fully saturated rings. The first-order chi connectivity index (χ1) is 10.2. The number of hydrogen-bond acceptors (Lipinski definition) is 4. The molecule has 5 heteroatoms. The van der Waals surface area contributed by atoms with Crippen LogP contribution in [0.25, 0.3) is 0 Å². The molecule has 0 amide bonds. The third-order valence-corrected chi connectivity index (χ3v) is 3.83. The van der Waals surface area contributed by atoms with E-state index < -0.39 is 0 Å². The summed E-state index contributed by atoms with van der Waals surface area (Å²) in [5, 5.41) is 3.45. The van der Waals surface area contributed by atoms with E-state index in [1.165, 1.54) is 0 Å². The normalized spacial score (nSPS) is 12.0. The van der Waals surface area contributed by atoms with Crippen LogP contribution in [0.5, 0.6) is 11.5 Å². The summed E-state index contributed by atoms with van der Waals surface area (Å²) in [5.41, 5.74) is 2.14. The fraction of sp³-hybridized carbons (Fsp3) is 0.312. The second-order valence-corrected chi connectivity index (χ2v) is 5.52. The molecule has 112 valence electrons. The van der Waals surface area contributed by atoms with Crippen LogP contribution >= 0.6 is 15.9 Å². The van der Waals surface area contributed by atoms with Crippen molar-refractivity contribution in [3.8, 4) is 11.5 Å². The molecule has 1 atom stereocenters. The number of halogens is 1. The second-order valence-electron chi connectivity index (χ2n) is 4.67. The lowest BCUT2D eigenvalue weighted by atomic mass is 10.1. The maximum absolute atomic E-state index is 5.35. The molecule has 21 heavy (non-hydrogen) atoms. The van der Waals surface area contributed by atoms with Gasteiger partial charge in [-0.15, -0.1) is 0 Å². The first-order valence-corrected chi connectivity index (χ1v) is 7.49. The van der Waals surface area contributed by atoms with Crippen molar-refractivity contribution in [3.63, 3.8) is 0 Å². The fourth-order valence-electron chi connectivity index (χ4n) is 2.08. The zero-order valence-corrected chi connectivity index (χ0v) is 14.0. The zero-order valence-electron chi connectivity index (χ0n) is 12.4. The van der Waals surface area contributed by atoms with Gasteiger partial charge >= 0.3 is 0 Å². The Morgan fingerprint density at radius 1 is 1.24 bits per heavy atom. The van der Waals surface area contributed by atoms with E-state index >= 15 is 0 Å². The highest BCUT2D eigenvalue weighted by molar-refractivity contribution is 9.10. The summed E-state index contributed by atoms with van der Waals surface area (Å²) in [6.45, 7) is 2.81. The van der Waals surface area contributed by atoms with Crippen LogP contribution < -0.4 is 14.8 Å². The van der Waals surface area contributed by atoms with Gasteiger partial charge in [0.1, 0.15) is 0 Å². The minimum Gasteiger partial charge on any atom is -0.493 e. The van der Waals surface area contributed by atoms with Crippen LogP contribution in [0.15, 0.2) is 41.0 Å². The molecule has 0 aliphatic heterocycles. The molecule has 4 nitrogen and oxygen atoms in total. The molecule has 0 aliphatic rings. The summed E-state index contributed by atoms with van der Waals surface area (Å²) >= 11 is 3.51. The van der Waals surface area contributed by atoms with Crippen molar-refractivity contribution < 1.29 is 9.47 Å². The molecule has 0 spiro atoms. The van der Waals surface area contributed by atoms with E-state index in [0.29, 0.717) is 11.5 Å².